The monoisotopic (exact) mass is 532 g/mol. The first-order chi connectivity index (χ1) is 19.1. The number of furan rings is 2. The number of para-hydroxylation sites is 1. The highest BCUT2D eigenvalue weighted by molar-refractivity contribution is 6.14. The number of fused-ring (bicyclic) bond motifs is 6. The lowest BCUT2D eigenvalue weighted by molar-refractivity contribution is -0.661. The van der Waals surface area contributed by atoms with Crippen LogP contribution in [-0.4, -0.2) is 0 Å². The molecule has 3 nitrogen and oxygen atoms in total. The Labute approximate surface area is 230 Å². The molecule has 7 aromatic rings. The maximum absolute atomic E-state index is 15.6. The lowest BCUT2D eigenvalue weighted by Gasteiger charge is -2.18. The molecule has 0 aliphatic rings. The van der Waals surface area contributed by atoms with E-state index < -0.39 is 0 Å². The number of benzene rings is 4. The van der Waals surface area contributed by atoms with Crippen molar-refractivity contribution in [2.24, 2.45) is 7.05 Å². The second-order valence-corrected chi connectivity index (χ2v) is 11.6. The molecule has 3 aromatic heterocycles. The largest absolute Gasteiger partial charge is 0.456 e. The number of hydrogen-bond acceptors (Lipinski definition) is 2. The highest BCUT2D eigenvalue weighted by atomic mass is 19.1. The van der Waals surface area contributed by atoms with Crippen molar-refractivity contribution in [3.63, 3.8) is 0 Å². The van der Waals surface area contributed by atoms with Gasteiger partial charge in [0.1, 0.15) is 41.0 Å². The number of aromatic nitrogens is 1. The average molecular weight is 533 g/mol. The third kappa shape index (κ3) is 3.57. The van der Waals surface area contributed by atoms with Crippen molar-refractivity contribution in [1.29, 1.82) is 0 Å². The molecule has 0 spiro atoms. The van der Waals surface area contributed by atoms with Gasteiger partial charge >= 0.3 is 0 Å². The number of nitrogens with zero attached hydrogens (tertiary/aromatic N) is 1. The summed E-state index contributed by atoms with van der Waals surface area (Å²) in [5.74, 6) is -0.648. The van der Waals surface area contributed by atoms with Crippen LogP contribution in [0.1, 0.15) is 31.9 Å². The van der Waals surface area contributed by atoms with Crippen molar-refractivity contribution in [2.75, 3.05) is 0 Å². The second kappa shape index (κ2) is 8.49. The minimum atomic E-state index is -0.383. The van der Waals surface area contributed by atoms with E-state index >= 15 is 8.78 Å². The van der Waals surface area contributed by atoms with E-state index in [1.165, 1.54) is 6.07 Å². The Morgan fingerprint density at radius 1 is 0.675 bits per heavy atom. The van der Waals surface area contributed by atoms with Crippen molar-refractivity contribution in [3.05, 3.63) is 102 Å². The molecule has 0 bridgehead atoms. The molecular weight excluding hydrogens is 504 g/mol. The van der Waals surface area contributed by atoms with E-state index in [2.05, 4.69) is 0 Å². The Kier molecular flexibility index (Phi) is 5.21. The Morgan fingerprint density at radius 2 is 1.35 bits per heavy atom. The zero-order valence-corrected chi connectivity index (χ0v) is 23.0. The minimum absolute atomic E-state index is 0.265. The Hall–Kier alpha value is -4.51. The van der Waals surface area contributed by atoms with E-state index in [1.807, 2.05) is 100 Å². The molecule has 0 saturated heterocycles. The van der Waals surface area contributed by atoms with Gasteiger partial charge in [-0.15, -0.1) is 0 Å². The van der Waals surface area contributed by atoms with Crippen LogP contribution < -0.4 is 4.57 Å². The first-order valence-corrected chi connectivity index (χ1v) is 13.4. The molecule has 0 saturated carbocycles. The summed E-state index contributed by atoms with van der Waals surface area (Å²) < 4.78 is 45.5. The van der Waals surface area contributed by atoms with Crippen molar-refractivity contribution >= 4 is 43.9 Å². The second-order valence-electron chi connectivity index (χ2n) is 11.6. The van der Waals surface area contributed by atoms with Gasteiger partial charge in [-0.05, 0) is 53.8 Å². The van der Waals surface area contributed by atoms with Gasteiger partial charge in [0.2, 0.25) is 5.69 Å². The van der Waals surface area contributed by atoms with Gasteiger partial charge in [0.15, 0.2) is 6.20 Å². The summed E-state index contributed by atoms with van der Waals surface area (Å²) in [6.45, 7) is 7.97. The van der Waals surface area contributed by atoms with Crippen molar-refractivity contribution in [2.45, 2.75) is 33.1 Å². The molecule has 4 aromatic carbocycles. The normalized spacial score (nSPS) is 12.4. The van der Waals surface area contributed by atoms with Crippen LogP contribution in [0.3, 0.4) is 0 Å². The topological polar surface area (TPSA) is 30.2 Å². The SMILES string of the molecule is Cc1ccc2c(oc3c(-c4ccc5c(c4)oc4ccccc45)c(F)ccc32)c1-c1cc(F)c(C(C)(C)C)c[n+]1C. The molecule has 0 aliphatic heterocycles. The van der Waals surface area contributed by atoms with Gasteiger partial charge in [-0.3, -0.25) is 0 Å². The molecule has 0 aliphatic carbocycles. The quantitative estimate of drug-likeness (QED) is 0.208. The third-order valence-corrected chi connectivity index (χ3v) is 7.92. The fourth-order valence-electron chi connectivity index (χ4n) is 5.87. The van der Waals surface area contributed by atoms with E-state index in [1.54, 1.807) is 12.1 Å². The van der Waals surface area contributed by atoms with E-state index in [0.717, 1.165) is 38.3 Å². The number of aryl methyl sites for hydroxylation is 2. The van der Waals surface area contributed by atoms with Gasteiger partial charge in [-0.1, -0.05) is 57.2 Å². The summed E-state index contributed by atoms with van der Waals surface area (Å²) in [7, 11) is 1.92. The standard InChI is InChI=1S/C35H28F2NO2/c1-19-10-12-23-24-14-15-26(36)32(20-11-13-22-21-8-6-7-9-29(21)39-30(22)16-20)34(24)40-33(23)31(19)28-17-27(37)25(18-38(28)5)35(2,3)4/h6-18H,1-5H3/q+1. The summed E-state index contributed by atoms with van der Waals surface area (Å²) in [5, 5.41) is 3.64. The van der Waals surface area contributed by atoms with Gasteiger partial charge in [0, 0.05) is 27.6 Å². The van der Waals surface area contributed by atoms with Gasteiger partial charge in [-0.2, -0.15) is 0 Å². The van der Waals surface area contributed by atoms with Gasteiger partial charge in [0.25, 0.3) is 0 Å². The summed E-state index contributed by atoms with van der Waals surface area (Å²) in [5.41, 5.74) is 6.28. The van der Waals surface area contributed by atoms with Crippen molar-refractivity contribution < 1.29 is 22.2 Å². The molecule has 0 unspecified atom stereocenters. The smallest absolute Gasteiger partial charge is 0.219 e. The predicted molar refractivity (Wildman–Crippen MR) is 156 cm³/mol. The summed E-state index contributed by atoms with van der Waals surface area (Å²) in [6.07, 6.45) is 1.85. The van der Waals surface area contributed by atoms with Gasteiger partial charge in [0.05, 0.1) is 16.7 Å². The third-order valence-electron chi connectivity index (χ3n) is 7.92. The minimum Gasteiger partial charge on any atom is -0.456 e. The lowest BCUT2D eigenvalue weighted by Crippen LogP contribution is -2.34. The Balaban J connectivity index is 1.49. The van der Waals surface area contributed by atoms with Crippen molar-refractivity contribution in [1.82, 2.24) is 0 Å². The number of hydrogen-bond donors (Lipinski definition) is 0. The number of halogens is 2. The van der Waals surface area contributed by atoms with Gasteiger partial charge < -0.3 is 8.83 Å². The van der Waals surface area contributed by atoms with Crippen LogP contribution in [0.2, 0.25) is 0 Å². The summed E-state index contributed by atoms with van der Waals surface area (Å²) in [4.78, 5) is 0. The molecule has 0 N–H and O–H groups in total. The van der Waals surface area contributed by atoms with E-state index in [9.17, 15) is 0 Å². The lowest BCUT2D eigenvalue weighted by atomic mass is 9.87. The van der Waals surface area contributed by atoms with Crippen LogP contribution in [0.4, 0.5) is 8.78 Å². The van der Waals surface area contributed by atoms with Crippen LogP contribution in [0, 0.1) is 18.6 Å². The molecule has 0 radical (unpaired) electrons. The van der Waals surface area contributed by atoms with Crippen molar-refractivity contribution in [3.8, 4) is 22.4 Å². The van der Waals surface area contributed by atoms with Gasteiger partial charge in [-0.25, -0.2) is 13.3 Å². The first kappa shape index (κ1) is 24.5. The van der Waals surface area contributed by atoms with E-state index in [4.69, 9.17) is 8.83 Å². The Morgan fingerprint density at radius 3 is 2.12 bits per heavy atom. The van der Waals surface area contributed by atoms with Crippen LogP contribution >= 0.6 is 0 Å². The summed E-state index contributed by atoms with van der Waals surface area (Å²) >= 11 is 0. The van der Waals surface area contributed by atoms with E-state index in [0.29, 0.717) is 39.1 Å². The van der Waals surface area contributed by atoms with Crippen LogP contribution in [-0.2, 0) is 12.5 Å². The molecule has 3 heterocycles. The molecule has 198 valence electrons. The number of pyridine rings is 1. The highest BCUT2D eigenvalue weighted by Crippen LogP contribution is 2.43. The Bertz CT molecular complexity index is 2140. The molecule has 40 heavy (non-hydrogen) atoms. The molecule has 0 fully saturated rings. The van der Waals surface area contributed by atoms with Crippen LogP contribution in [0.15, 0.2) is 87.8 Å². The molecule has 7 rings (SSSR count). The molecule has 0 atom stereocenters. The number of rotatable bonds is 2. The van der Waals surface area contributed by atoms with E-state index in [-0.39, 0.29) is 17.0 Å². The predicted octanol–water partition coefficient (Wildman–Crippen LogP) is 9.53. The maximum Gasteiger partial charge on any atom is 0.219 e. The molecule has 0 amide bonds. The van der Waals surface area contributed by atoms with Crippen LogP contribution in [0.25, 0.3) is 66.3 Å². The molecular formula is C35H28F2NO2+. The fraction of sp³-hybridized carbons (Fsp3) is 0.171. The maximum atomic E-state index is 15.6. The van der Waals surface area contributed by atoms with Crippen LogP contribution in [0.5, 0.6) is 0 Å². The zero-order chi connectivity index (χ0) is 27.9. The first-order valence-electron chi connectivity index (χ1n) is 13.4. The zero-order valence-electron chi connectivity index (χ0n) is 23.0. The fourth-order valence-corrected chi connectivity index (χ4v) is 5.87. The highest BCUT2D eigenvalue weighted by Gasteiger charge is 2.28. The summed E-state index contributed by atoms with van der Waals surface area (Å²) in [6, 6.07) is 22.4. The molecule has 5 heteroatoms. The average Bonchev–Trinajstić information content (AvgIpc) is 3.47.